The standard InChI is InChI=1S/C23H23ClN2O/c1-15(2)22-23(27)25-21-12-18-6-4-3-5-17(18)11-19(21)14-26(22)13-16-7-9-20(24)10-8-16/h3-12,15,22H,13-14H2,1-2H3,(H,25,27). The lowest BCUT2D eigenvalue weighted by atomic mass is 10.0. The third-order valence-electron chi connectivity index (χ3n) is 5.20. The Morgan fingerprint density at radius 3 is 2.41 bits per heavy atom. The van der Waals surface area contributed by atoms with Crippen LogP contribution >= 0.6 is 11.6 Å². The van der Waals surface area contributed by atoms with Crippen LogP contribution in [0.1, 0.15) is 25.0 Å². The van der Waals surface area contributed by atoms with Crippen molar-refractivity contribution in [3.63, 3.8) is 0 Å². The van der Waals surface area contributed by atoms with Crippen LogP contribution in [0, 0.1) is 5.92 Å². The second kappa shape index (κ2) is 7.34. The monoisotopic (exact) mass is 378 g/mol. The Morgan fingerprint density at radius 2 is 1.74 bits per heavy atom. The zero-order valence-corrected chi connectivity index (χ0v) is 16.3. The highest BCUT2D eigenvalue weighted by Gasteiger charge is 2.32. The Balaban J connectivity index is 1.74. The van der Waals surface area contributed by atoms with E-state index in [0.717, 1.165) is 33.8 Å². The number of carbonyl (C=O) groups excluding carboxylic acids is 1. The number of anilines is 1. The Hall–Kier alpha value is -2.36. The summed E-state index contributed by atoms with van der Waals surface area (Å²) < 4.78 is 0. The van der Waals surface area contributed by atoms with Crippen LogP contribution in [0.2, 0.25) is 5.02 Å². The molecule has 1 N–H and O–H groups in total. The maximum Gasteiger partial charge on any atom is 0.242 e. The molecule has 1 heterocycles. The van der Waals surface area contributed by atoms with Gasteiger partial charge in [0.15, 0.2) is 0 Å². The van der Waals surface area contributed by atoms with Gasteiger partial charge in [-0.3, -0.25) is 9.69 Å². The van der Waals surface area contributed by atoms with Crippen molar-refractivity contribution in [3.8, 4) is 0 Å². The summed E-state index contributed by atoms with van der Waals surface area (Å²) in [5.41, 5.74) is 3.23. The summed E-state index contributed by atoms with van der Waals surface area (Å²) in [7, 11) is 0. The molecule has 0 saturated heterocycles. The topological polar surface area (TPSA) is 32.3 Å². The van der Waals surface area contributed by atoms with Crippen molar-refractivity contribution in [2.45, 2.75) is 33.0 Å². The Labute approximate surface area is 164 Å². The number of fused-ring (bicyclic) bond motifs is 2. The first kappa shape index (κ1) is 18.0. The van der Waals surface area contributed by atoms with Gasteiger partial charge in [0.05, 0.1) is 6.04 Å². The number of carbonyl (C=O) groups is 1. The maximum absolute atomic E-state index is 13.0. The van der Waals surface area contributed by atoms with Crippen molar-refractivity contribution in [1.82, 2.24) is 4.90 Å². The molecule has 0 aliphatic carbocycles. The number of halogens is 1. The molecule has 0 radical (unpaired) electrons. The summed E-state index contributed by atoms with van der Waals surface area (Å²) in [5, 5.41) is 6.23. The molecule has 138 valence electrons. The molecular formula is C23H23ClN2O. The van der Waals surface area contributed by atoms with E-state index in [1.807, 2.05) is 36.4 Å². The van der Waals surface area contributed by atoms with E-state index < -0.39 is 0 Å². The van der Waals surface area contributed by atoms with Gasteiger partial charge in [-0.1, -0.05) is 61.8 Å². The minimum Gasteiger partial charge on any atom is -0.324 e. The zero-order chi connectivity index (χ0) is 19.0. The van der Waals surface area contributed by atoms with Gasteiger partial charge in [-0.15, -0.1) is 0 Å². The smallest absolute Gasteiger partial charge is 0.242 e. The molecule has 0 aromatic heterocycles. The largest absolute Gasteiger partial charge is 0.324 e. The van der Waals surface area contributed by atoms with Gasteiger partial charge in [-0.2, -0.15) is 0 Å². The van der Waals surface area contributed by atoms with Crippen molar-refractivity contribution < 1.29 is 4.79 Å². The van der Waals surface area contributed by atoms with E-state index in [-0.39, 0.29) is 17.9 Å². The van der Waals surface area contributed by atoms with Crippen LogP contribution in [0.25, 0.3) is 10.8 Å². The van der Waals surface area contributed by atoms with E-state index in [0.29, 0.717) is 6.54 Å². The molecule has 1 unspecified atom stereocenters. The first-order chi connectivity index (χ1) is 13.0. The molecule has 3 nitrogen and oxygen atoms in total. The van der Waals surface area contributed by atoms with Crippen LogP contribution in [-0.4, -0.2) is 16.8 Å². The van der Waals surface area contributed by atoms with Gasteiger partial charge in [-0.25, -0.2) is 0 Å². The summed E-state index contributed by atoms with van der Waals surface area (Å²) in [4.78, 5) is 15.3. The van der Waals surface area contributed by atoms with Gasteiger partial charge >= 0.3 is 0 Å². The lowest BCUT2D eigenvalue weighted by Gasteiger charge is -2.31. The molecule has 0 spiro atoms. The van der Waals surface area contributed by atoms with Crippen molar-refractivity contribution >= 4 is 34.0 Å². The lowest BCUT2D eigenvalue weighted by Crippen LogP contribution is -2.44. The van der Waals surface area contributed by atoms with Crippen LogP contribution in [0.5, 0.6) is 0 Å². The van der Waals surface area contributed by atoms with Crippen LogP contribution in [0.4, 0.5) is 5.69 Å². The van der Waals surface area contributed by atoms with Crippen LogP contribution < -0.4 is 5.32 Å². The normalized spacial score (nSPS) is 17.6. The lowest BCUT2D eigenvalue weighted by molar-refractivity contribution is -0.123. The molecule has 3 aromatic rings. The first-order valence-corrected chi connectivity index (χ1v) is 9.70. The summed E-state index contributed by atoms with van der Waals surface area (Å²) >= 11 is 6.03. The molecule has 0 saturated carbocycles. The number of nitrogens with one attached hydrogen (secondary N) is 1. The average Bonchev–Trinajstić information content (AvgIpc) is 2.76. The Bertz CT molecular complexity index is 981. The number of hydrogen-bond acceptors (Lipinski definition) is 2. The van der Waals surface area contributed by atoms with E-state index in [2.05, 4.69) is 48.3 Å². The van der Waals surface area contributed by atoms with Crippen LogP contribution in [0.15, 0.2) is 60.7 Å². The summed E-state index contributed by atoms with van der Waals surface area (Å²) in [5.74, 6) is 0.272. The molecule has 3 aromatic carbocycles. The van der Waals surface area contributed by atoms with Gasteiger partial charge in [0.2, 0.25) is 5.91 Å². The van der Waals surface area contributed by atoms with Gasteiger partial charge in [0.25, 0.3) is 0 Å². The third kappa shape index (κ3) is 3.71. The van der Waals surface area contributed by atoms with Crippen molar-refractivity contribution in [2.24, 2.45) is 5.92 Å². The predicted octanol–water partition coefficient (Wildman–Crippen LogP) is 5.47. The fraction of sp³-hybridized carbons (Fsp3) is 0.261. The van der Waals surface area contributed by atoms with E-state index in [4.69, 9.17) is 11.6 Å². The van der Waals surface area contributed by atoms with Gasteiger partial charge in [-0.05, 0) is 52.1 Å². The molecule has 0 fully saturated rings. The summed E-state index contributed by atoms with van der Waals surface area (Å²) in [6.07, 6.45) is 0. The van der Waals surface area contributed by atoms with E-state index in [9.17, 15) is 4.79 Å². The molecule has 1 aliphatic rings. The quantitative estimate of drug-likeness (QED) is 0.655. The number of amides is 1. The Morgan fingerprint density at radius 1 is 1.07 bits per heavy atom. The molecule has 0 bridgehead atoms. The zero-order valence-electron chi connectivity index (χ0n) is 15.6. The fourth-order valence-corrected chi connectivity index (χ4v) is 4.05. The van der Waals surface area contributed by atoms with Crippen LogP contribution in [-0.2, 0) is 17.9 Å². The third-order valence-corrected chi connectivity index (χ3v) is 5.45. The number of nitrogens with zero attached hydrogens (tertiary/aromatic N) is 1. The maximum atomic E-state index is 13.0. The molecule has 1 atom stereocenters. The van der Waals surface area contributed by atoms with E-state index >= 15 is 0 Å². The minimum atomic E-state index is -0.184. The highest BCUT2D eigenvalue weighted by Crippen LogP contribution is 2.31. The number of benzene rings is 3. The molecule has 4 rings (SSSR count). The van der Waals surface area contributed by atoms with E-state index in [1.165, 1.54) is 5.39 Å². The highest BCUT2D eigenvalue weighted by molar-refractivity contribution is 6.30. The second-order valence-corrected chi connectivity index (χ2v) is 8.00. The van der Waals surface area contributed by atoms with Gasteiger partial charge in [0.1, 0.15) is 0 Å². The number of hydrogen-bond donors (Lipinski definition) is 1. The predicted molar refractivity (Wildman–Crippen MR) is 112 cm³/mol. The SMILES string of the molecule is CC(C)C1C(=O)Nc2cc3ccccc3cc2CN1Cc1ccc(Cl)cc1. The molecule has 1 amide bonds. The van der Waals surface area contributed by atoms with Gasteiger partial charge in [0, 0.05) is 23.8 Å². The van der Waals surface area contributed by atoms with Crippen molar-refractivity contribution in [1.29, 1.82) is 0 Å². The molecule has 1 aliphatic heterocycles. The molecular weight excluding hydrogens is 356 g/mol. The number of rotatable bonds is 3. The molecule has 27 heavy (non-hydrogen) atoms. The van der Waals surface area contributed by atoms with Crippen molar-refractivity contribution in [3.05, 3.63) is 76.8 Å². The highest BCUT2D eigenvalue weighted by atomic mass is 35.5. The summed E-state index contributed by atoms with van der Waals surface area (Å²) in [6.45, 7) is 5.64. The average molecular weight is 379 g/mol. The second-order valence-electron chi connectivity index (χ2n) is 7.57. The first-order valence-electron chi connectivity index (χ1n) is 9.32. The summed E-state index contributed by atoms with van der Waals surface area (Å²) in [6, 6.07) is 20.2. The molecule has 4 heteroatoms. The van der Waals surface area contributed by atoms with E-state index in [1.54, 1.807) is 0 Å². The Kier molecular flexibility index (Phi) is 4.90. The van der Waals surface area contributed by atoms with Crippen molar-refractivity contribution in [2.75, 3.05) is 5.32 Å². The minimum absolute atomic E-state index is 0.0630. The van der Waals surface area contributed by atoms with Gasteiger partial charge < -0.3 is 5.32 Å². The fourth-order valence-electron chi connectivity index (χ4n) is 3.93. The van der Waals surface area contributed by atoms with Crippen LogP contribution in [0.3, 0.4) is 0 Å².